The molecule has 1 aromatic heterocycles. The minimum absolute atomic E-state index is 0.0579. The molecule has 144 valence electrons. The summed E-state index contributed by atoms with van der Waals surface area (Å²) < 4.78 is 0. The summed E-state index contributed by atoms with van der Waals surface area (Å²) >= 11 is 0. The third kappa shape index (κ3) is 3.66. The number of amides is 4. The molecule has 0 atom stereocenters. The molecule has 1 aromatic carbocycles. The second kappa shape index (κ2) is 7.30. The highest BCUT2D eigenvalue weighted by Crippen LogP contribution is 2.30. The van der Waals surface area contributed by atoms with Crippen molar-refractivity contribution in [3.63, 3.8) is 0 Å². The number of benzene rings is 1. The van der Waals surface area contributed by atoms with E-state index >= 15 is 0 Å². The van der Waals surface area contributed by atoms with Gasteiger partial charge in [-0.15, -0.1) is 0 Å². The molecule has 2 aromatic rings. The van der Waals surface area contributed by atoms with Crippen LogP contribution in [0.25, 0.3) is 0 Å². The molecule has 1 saturated carbocycles. The molecule has 2 fully saturated rings. The molecule has 4 amide bonds. The van der Waals surface area contributed by atoms with Crippen LogP contribution in [0.15, 0.2) is 36.5 Å². The predicted molar refractivity (Wildman–Crippen MR) is 105 cm³/mol. The second-order valence-corrected chi connectivity index (χ2v) is 6.98. The number of hydrogen-bond acceptors (Lipinski definition) is 4. The van der Waals surface area contributed by atoms with Crippen molar-refractivity contribution in [3.8, 4) is 0 Å². The van der Waals surface area contributed by atoms with Crippen LogP contribution in [0.3, 0.4) is 0 Å². The van der Waals surface area contributed by atoms with Crippen molar-refractivity contribution >= 4 is 35.0 Å². The summed E-state index contributed by atoms with van der Waals surface area (Å²) in [6.07, 6.45) is 3.29. The first-order valence-corrected chi connectivity index (χ1v) is 9.26. The van der Waals surface area contributed by atoms with E-state index < -0.39 is 0 Å². The molecule has 2 aliphatic rings. The van der Waals surface area contributed by atoms with E-state index in [-0.39, 0.29) is 23.8 Å². The van der Waals surface area contributed by atoms with Crippen LogP contribution in [0, 0.1) is 12.8 Å². The monoisotopic (exact) mass is 379 g/mol. The molecule has 4 rings (SSSR count). The van der Waals surface area contributed by atoms with Gasteiger partial charge >= 0.3 is 6.03 Å². The van der Waals surface area contributed by atoms with Gasteiger partial charge in [0.05, 0.1) is 5.69 Å². The van der Waals surface area contributed by atoms with Gasteiger partial charge in [0.25, 0.3) is 5.91 Å². The maximum atomic E-state index is 12.7. The van der Waals surface area contributed by atoms with Gasteiger partial charge in [0, 0.05) is 36.5 Å². The number of urea groups is 1. The topological polar surface area (TPSA) is 103 Å². The van der Waals surface area contributed by atoms with E-state index in [2.05, 4.69) is 20.9 Å². The summed E-state index contributed by atoms with van der Waals surface area (Å²) in [5.41, 5.74) is 2.59. The number of carbonyl (C=O) groups is 3. The van der Waals surface area contributed by atoms with Crippen LogP contribution in [-0.2, 0) is 4.79 Å². The lowest BCUT2D eigenvalue weighted by Crippen LogP contribution is -2.28. The van der Waals surface area contributed by atoms with Gasteiger partial charge in [0.1, 0.15) is 5.82 Å². The van der Waals surface area contributed by atoms with E-state index in [0.29, 0.717) is 30.2 Å². The number of aromatic nitrogens is 1. The van der Waals surface area contributed by atoms with E-state index in [1.54, 1.807) is 29.2 Å². The van der Waals surface area contributed by atoms with Crippen molar-refractivity contribution in [2.24, 2.45) is 5.92 Å². The smallest absolute Gasteiger partial charge is 0.322 e. The van der Waals surface area contributed by atoms with Gasteiger partial charge in [-0.25, -0.2) is 9.78 Å². The molecule has 2 heterocycles. The van der Waals surface area contributed by atoms with Crippen LogP contribution in [0.1, 0.15) is 28.8 Å². The van der Waals surface area contributed by atoms with Crippen molar-refractivity contribution in [1.82, 2.24) is 10.3 Å². The van der Waals surface area contributed by atoms with E-state index in [4.69, 9.17) is 0 Å². The fourth-order valence-electron chi connectivity index (χ4n) is 3.16. The van der Waals surface area contributed by atoms with Gasteiger partial charge in [-0.05, 0) is 49.6 Å². The third-order valence-electron chi connectivity index (χ3n) is 4.92. The minimum Gasteiger partial charge on any atom is -0.336 e. The lowest BCUT2D eigenvalue weighted by Gasteiger charge is -2.19. The maximum Gasteiger partial charge on any atom is 0.322 e. The molecular weight excluding hydrogens is 358 g/mol. The largest absolute Gasteiger partial charge is 0.336 e. The van der Waals surface area contributed by atoms with Crippen molar-refractivity contribution in [2.45, 2.75) is 19.8 Å². The summed E-state index contributed by atoms with van der Waals surface area (Å²) in [6.45, 7) is 3.05. The van der Waals surface area contributed by atoms with Crippen LogP contribution >= 0.6 is 0 Å². The molecule has 1 aliphatic heterocycles. The normalized spacial score (nSPS) is 15.9. The number of nitrogens with one attached hydrogen (secondary N) is 3. The average Bonchev–Trinajstić information content (AvgIpc) is 3.46. The molecule has 1 aliphatic carbocycles. The fourth-order valence-corrected chi connectivity index (χ4v) is 3.16. The van der Waals surface area contributed by atoms with Gasteiger partial charge in [-0.1, -0.05) is 6.07 Å². The van der Waals surface area contributed by atoms with Crippen molar-refractivity contribution in [2.75, 3.05) is 28.6 Å². The zero-order chi connectivity index (χ0) is 19.7. The summed E-state index contributed by atoms with van der Waals surface area (Å²) in [5.74, 6) is 0.0594. The average molecular weight is 379 g/mol. The Hall–Kier alpha value is -3.42. The Labute approximate surface area is 162 Å². The Bertz CT molecular complexity index is 955. The summed E-state index contributed by atoms with van der Waals surface area (Å²) in [5, 5.41) is 8.40. The number of carbonyl (C=O) groups excluding carboxylic acids is 3. The highest BCUT2D eigenvalue weighted by Gasteiger charge is 2.30. The van der Waals surface area contributed by atoms with Crippen molar-refractivity contribution in [1.29, 1.82) is 0 Å². The van der Waals surface area contributed by atoms with Crippen LogP contribution in [0.2, 0.25) is 0 Å². The molecule has 0 bridgehead atoms. The molecular formula is C20H21N5O3. The van der Waals surface area contributed by atoms with E-state index in [1.807, 2.05) is 13.0 Å². The molecule has 8 heteroatoms. The van der Waals surface area contributed by atoms with Crippen molar-refractivity contribution in [3.05, 3.63) is 47.7 Å². The highest BCUT2D eigenvalue weighted by molar-refractivity contribution is 6.06. The first kappa shape index (κ1) is 18.0. The molecule has 0 radical (unpaired) electrons. The molecule has 0 spiro atoms. The first-order valence-electron chi connectivity index (χ1n) is 9.26. The van der Waals surface area contributed by atoms with Gasteiger partial charge in [-0.2, -0.15) is 0 Å². The zero-order valence-electron chi connectivity index (χ0n) is 15.5. The summed E-state index contributed by atoms with van der Waals surface area (Å²) in [4.78, 5) is 42.3. The highest BCUT2D eigenvalue weighted by atomic mass is 16.2. The Balaban J connectivity index is 1.50. The summed E-state index contributed by atoms with van der Waals surface area (Å²) in [6, 6.07) is 8.46. The number of anilines is 3. The predicted octanol–water partition coefficient (Wildman–Crippen LogP) is 2.52. The summed E-state index contributed by atoms with van der Waals surface area (Å²) in [7, 11) is 0. The van der Waals surface area contributed by atoms with E-state index in [9.17, 15) is 14.4 Å². The minimum atomic E-state index is -0.310. The van der Waals surface area contributed by atoms with Crippen LogP contribution in [0.4, 0.5) is 22.0 Å². The Morgan fingerprint density at radius 1 is 1.21 bits per heavy atom. The number of nitrogens with zero attached hydrogens (tertiary/aromatic N) is 2. The maximum absolute atomic E-state index is 12.7. The zero-order valence-corrected chi connectivity index (χ0v) is 15.5. The third-order valence-corrected chi connectivity index (χ3v) is 4.92. The van der Waals surface area contributed by atoms with Crippen molar-refractivity contribution < 1.29 is 14.4 Å². The molecule has 28 heavy (non-hydrogen) atoms. The molecule has 8 nitrogen and oxygen atoms in total. The van der Waals surface area contributed by atoms with E-state index in [1.165, 1.54) is 6.20 Å². The molecule has 0 unspecified atom stereocenters. The fraction of sp³-hybridized carbons (Fsp3) is 0.300. The van der Waals surface area contributed by atoms with Crippen LogP contribution in [0.5, 0.6) is 0 Å². The Kier molecular flexibility index (Phi) is 4.68. The number of rotatable bonds is 5. The van der Waals surface area contributed by atoms with Gasteiger partial charge in [-0.3, -0.25) is 14.5 Å². The van der Waals surface area contributed by atoms with E-state index in [0.717, 1.165) is 24.1 Å². The molecule has 3 N–H and O–H groups in total. The second-order valence-electron chi connectivity index (χ2n) is 6.98. The number of hydrogen-bond donors (Lipinski definition) is 3. The Morgan fingerprint density at radius 3 is 2.75 bits per heavy atom. The standard InChI is InChI=1S/C20H21N5O3/c1-12-15(3-2-4-16(12)25-10-9-22-20(25)28)23-19(27)14-7-8-21-17(11-14)24-18(26)13-5-6-13/h2-4,7-8,11,13H,5-6,9-10H2,1H3,(H,22,28)(H,23,27)(H,21,24,26). The van der Waals surface area contributed by atoms with Crippen LogP contribution < -0.4 is 20.9 Å². The van der Waals surface area contributed by atoms with Crippen LogP contribution in [-0.4, -0.2) is 35.9 Å². The van der Waals surface area contributed by atoms with Gasteiger partial charge < -0.3 is 16.0 Å². The Morgan fingerprint density at radius 2 is 2.04 bits per heavy atom. The van der Waals surface area contributed by atoms with Gasteiger partial charge in [0.2, 0.25) is 5.91 Å². The SMILES string of the molecule is Cc1c(NC(=O)c2ccnc(NC(=O)C3CC3)c2)cccc1N1CCNC1=O. The number of pyridine rings is 1. The van der Waals surface area contributed by atoms with Gasteiger partial charge in [0.15, 0.2) is 0 Å². The lowest BCUT2D eigenvalue weighted by molar-refractivity contribution is -0.117. The first-order chi connectivity index (χ1) is 13.5. The molecule has 1 saturated heterocycles. The lowest BCUT2D eigenvalue weighted by atomic mass is 10.1. The quantitative estimate of drug-likeness (QED) is 0.743.